The van der Waals surface area contributed by atoms with Crippen LogP contribution in [0.4, 0.5) is 18.0 Å². The van der Waals surface area contributed by atoms with E-state index in [1.54, 1.807) is 6.92 Å². The monoisotopic (exact) mass is 342 g/mol. The van der Waals surface area contributed by atoms with Crippen molar-refractivity contribution < 1.29 is 27.5 Å². The third kappa shape index (κ3) is 2.95. The van der Waals surface area contributed by atoms with Crippen LogP contribution in [0, 0.1) is 0 Å². The van der Waals surface area contributed by atoms with Crippen molar-refractivity contribution in [3.8, 4) is 0 Å². The minimum Gasteiger partial charge on any atom is -0.466 e. The van der Waals surface area contributed by atoms with E-state index in [4.69, 9.17) is 4.74 Å². The van der Waals surface area contributed by atoms with Gasteiger partial charge in [-0.3, -0.25) is 0 Å². The highest BCUT2D eigenvalue weighted by Crippen LogP contribution is 2.38. The Morgan fingerprint density at radius 2 is 1.88 bits per heavy atom. The van der Waals surface area contributed by atoms with Gasteiger partial charge < -0.3 is 14.5 Å². The molecule has 1 heterocycles. The molecule has 0 saturated heterocycles. The van der Waals surface area contributed by atoms with E-state index in [0.29, 0.717) is 5.70 Å². The topological polar surface area (TPSA) is 49.9 Å². The van der Waals surface area contributed by atoms with E-state index < -0.39 is 29.8 Å². The number of likely N-dealkylation sites (N-methyl/N-ethyl adjacent to an activating group) is 1. The fourth-order valence-electron chi connectivity index (χ4n) is 2.71. The van der Waals surface area contributed by atoms with Crippen LogP contribution in [0.3, 0.4) is 0 Å². The molecule has 5 nitrogen and oxygen atoms in total. The lowest BCUT2D eigenvalue weighted by atomic mass is 9.92. The standard InChI is InChI=1S/C16H17F3N2O3/c1-9-12(14(22)24-4)13(21(3)15(23)20(9)2)10-6-5-7-11(8-10)16(17,18)19/h5-8,13H,1-4H3/t13-/m1/s1. The van der Waals surface area contributed by atoms with E-state index in [-0.39, 0.29) is 11.1 Å². The van der Waals surface area contributed by atoms with Crippen LogP contribution in [-0.2, 0) is 15.7 Å². The van der Waals surface area contributed by atoms with E-state index in [0.717, 1.165) is 12.1 Å². The van der Waals surface area contributed by atoms with Crippen molar-refractivity contribution in [2.75, 3.05) is 21.2 Å². The van der Waals surface area contributed by atoms with Crippen molar-refractivity contribution in [2.24, 2.45) is 0 Å². The first-order valence-electron chi connectivity index (χ1n) is 7.06. The first kappa shape index (κ1) is 17.8. The quantitative estimate of drug-likeness (QED) is 0.776. The first-order valence-corrected chi connectivity index (χ1v) is 7.06. The van der Waals surface area contributed by atoms with Crippen LogP contribution in [0.15, 0.2) is 35.5 Å². The number of amides is 2. The molecule has 0 fully saturated rings. The van der Waals surface area contributed by atoms with E-state index in [1.807, 2.05) is 0 Å². The molecule has 24 heavy (non-hydrogen) atoms. The van der Waals surface area contributed by atoms with Crippen LogP contribution in [-0.4, -0.2) is 43.0 Å². The average molecular weight is 342 g/mol. The summed E-state index contributed by atoms with van der Waals surface area (Å²) in [6, 6.07) is 3.19. The number of halogens is 3. The van der Waals surface area contributed by atoms with Gasteiger partial charge in [-0.25, -0.2) is 9.59 Å². The number of carbonyl (C=O) groups excluding carboxylic acids is 2. The van der Waals surface area contributed by atoms with Gasteiger partial charge in [0.1, 0.15) is 0 Å². The van der Waals surface area contributed by atoms with Gasteiger partial charge in [-0.2, -0.15) is 13.2 Å². The van der Waals surface area contributed by atoms with Crippen LogP contribution in [0.5, 0.6) is 0 Å². The van der Waals surface area contributed by atoms with Crippen molar-refractivity contribution >= 4 is 12.0 Å². The van der Waals surface area contributed by atoms with Gasteiger partial charge in [-0.1, -0.05) is 12.1 Å². The van der Waals surface area contributed by atoms with Gasteiger partial charge in [0, 0.05) is 19.8 Å². The fraction of sp³-hybridized carbons (Fsp3) is 0.375. The number of hydrogen-bond donors (Lipinski definition) is 0. The molecule has 2 amide bonds. The van der Waals surface area contributed by atoms with Crippen molar-refractivity contribution in [1.29, 1.82) is 0 Å². The summed E-state index contributed by atoms with van der Waals surface area (Å²) < 4.78 is 43.7. The van der Waals surface area contributed by atoms with Gasteiger partial charge in [0.05, 0.1) is 24.3 Å². The minimum absolute atomic E-state index is 0.126. The summed E-state index contributed by atoms with van der Waals surface area (Å²) in [5, 5.41) is 0. The normalized spacial score (nSPS) is 19.0. The van der Waals surface area contributed by atoms with E-state index in [9.17, 15) is 22.8 Å². The van der Waals surface area contributed by atoms with Crippen molar-refractivity contribution in [3.05, 3.63) is 46.7 Å². The Bertz CT molecular complexity index is 713. The lowest BCUT2D eigenvalue weighted by Gasteiger charge is -2.39. The molecular weight excluding hydrogens is 325 g/mol. The number of urea groups is 1. The Morgan fingerprint density at radius 3 is 2.42 bits per heavy atom. The Balaban J connectivity index is 2.65. The molecule has 8 heteroatoms. The highest BCUT2D eigenvalue weighted by Gasteiger charge is 2.40. The molecule has 0 aliphatic carbocycles. The third-order valence-corrected chi connectivity index (χ3v) is 4.08. The Morgan fingerprint density at radius 1 is 1.25 bits per heavy atom. The second kappa shape index (κ2) is 6.18. The van der Waals surface area contributed by atoms with Gasteiger partial charge in [0.15, 0.2) is 0 Å². The number of carbonyl (C=O) groups is 2. The number of esters is 1. The van der Waals surface area contributed by atoms with Crippen LogP contribution in [0.25, 0.3) is 0 Å². The maximum absolute atomic E-state index is 13.0. The molecule has 0 saturated carbocycles. The number of methoxy groups -OCH3 is 1. The smallest absolute Gasteiger partial charge is 0.416 e. The van der Waals surface area contributed by atoms with Crippen molar-refractivity contribution in [1.82, 2.24) is 9.80 Å². The first-order chi connectivity index (χ1) is 11.1. The minimum atomic E-state index is -4.52. The molecule has 0 unspecified atom stereocenters. The van der Waals surface area contributed by atoms with Gasteiger partial charge in [-0.05, 0) is 24.6 Å². The molecule has 1 aliphatic rings. The summed E-state index contributed by atoms with van der Waals surface area (Å²) in [5.41, 5.74) is -0.191. The highest BCUT2D eigenvalue weighted by molar-refractivity contribution is 5.94. The van der Waals surface area contributed by atoms with Crippen molar-refractivity contribution in [3.63, 3.8) is 0 Å². The predicted molar refractivity (Wildman–Crippen MR) is 79.8 cm³/mol. The summed E-state index contributed by atoms with van der Waals surface area (Å²) in [6.07, 6.45) is -4.52. The number of hydrogen-bond acceptors (Lipinski definition) is 3. The van der Waals surface area contributed by atoms with Crippen LogP contribution >= 0.6 is 0 Å². The van der Waals surface area contributed by atoms with E-state index in [1.165, 1.54) is 43.1 Å². The highest BCUT2D eigenvalue weighted by atomic mass is 19.4. The number of benzene rings is 1. The molecule has 1 atom stereocenters. The maximum atomic E-state index is 13.0. The molecule has 1 aromatic carbocycles. The van der Waals surface area contributed by atoms with Crippen LogP contribution < -0.4 is 0 Å². The molecule has 0 bridgehead atoms. The van der Waals surface area contributed by atoms with E-state index >= 15 is 0 Å². The van der Waals surface area contributed by atoms with Crippen molar-refractivity contribution in [2.45, 2.75) is 19.1 Å². The molecule has 0 radical (unpaired) electrons. The Hall–Kier alpha value is -2.51. The molecule has 1 aromatic rings. The zero-order valence-electron chi connectivity index (χ0n) is 13.6. The van der Waals surface area contributed by atoms with Gasteiger partial charge in [0.2, 0.25) is 0 Å². The SMILES string of the molecule is COC(=O)C1=C(C)N(C)C(=O)N(C)[C@@H]1c1cccc(C(F)(F)F)c1. The molecule has 0 aromatic heterocycles. The second-order valence-electron chi connectivity index (χ2n) is 5.47. The fourth-order valence-corrected chi connectivity index (χ4v) is 2.71. The third-order valence-electron chi connectivity index (χ3n) is 4.08. The zero-order valence-corrected chi connectivity index (χ0v) is 13.6. The van der Waals surface area contributed by atoms with Crippen LogP contribution in [0.2, 0.25) is 0 Å². The maximum Gasteiger partial charge on any atom is 0.416 e. The Kier molecular flexibility index (Phi) is 4.59. The molecule has 2 rings (SSSR count). The summed E-state index contributed by atoms with van der Waals surface area (Å²) in [5.74, 6) is -0.693. The summed E-state index contributed by atoms with van der Waals surface area (Å²) in [4.78, 5) is 27.0. The largest absolute Gasteiger partial charge is 0.466 e. The summed E-state index contributed by atoms with van der Waals surface area (Å²) in [7, 11) is 4.10. The van der Waals surface area contributed by atoms with Gasteiger partial charge in [0.25, 0.3) is 0 Å². The second-order valence-corrected chi connectivity index (χ2v) is 5.47. The number of nitrogens with zero attached hydrogens (tertiary/aromatic N) is 2. The number of allylic oxidation sites excluding steroid dienone is 1. The molecule has 0 N–H and O–H groups in total. The lowest BCUT2D eigenvalue weighted by Crippen LogP contribution is -2.47. The lowest BCUT2D eigenvalue weighted by molar-refractivity contribution is -0.137. The Labute approximate surface area is 137 Å². The van der Waals surface area contributed by atoms with Gasteiger partial charge >= 0.3 is 18.2 Å². The average Bonchev–Trinajstić information content (AvgIpc) is 2.54. The number of alkyl halides is 3. The molecule has 130 valence electrons. The molecule has 1 aliphatic heterocycles. The van der Waals surface area contributed by atoms with Crippen LogP contribution in [0.1, 0.15) is 24.1 Å². The van der Waals surface area contributed by atoms with E-state index in [2.05, 4.69) is 0 Å². The summed E-state index contributed by atoms with van der Waals surface area (Å²) >= 11 is 0. The predicted octanol–water partition coefficient (Wildman–Crippen LogP) is 3.19. The molecular formula is C16H17F3N2O3. The number of rotatable bonds is 2. The van der Waals surface area contributed by atoms with Gasteiger partial charge in [-0.15, -0.1) is 0 Å². The summed E-state index contributed by atoms with van der Waals surface area (Å²) in [6.45, 7) is 1.55. The zero-order chi connectivity index (χ0) is 18.2. The number of ether oxygens (including phenoxy) is 1. The molecule has 0 spiro atoms.